The number of hydrogen-bond donors (Lipinski definition) is 1. The van der Waals surface area contributed by atoms with Gasteiger partial charge in [-0.25, -0.2) is 0 Å². The minimum atomic E-state index is 0.345. The smallest absolute Gasteiger partial charge is 0.123 e. The summed E-state index contributed by atoms with van der Waals surface area (Å²) >= 11 is 0. The molecule has 0 aliphatic heterocycles. The number of para-hydroxylation sites is 1. The molecule has 1 aromatic carbocycles. The molecule has 2 heteroatoms. The number of hydrogen-bond acceptors (Lipinski definition) is 2. The Kier molecular flexibility index (Phi) is 5.32. The maximum absolute atomic E-state index is 5.48. The van der Waals surface area contributed by atoms with Gasteiger partial charge in [0, 0.05) is 17.6 Å². The summed E-state index contributed by atoms with van der Waals surface area (Å²) in [5.41, 5.74) is 1.72. The molecule has 2 nitrogen and oxygen atoms in total. The van der Waals surface area contributed by atoms with Gasteiger partial charge < -0.3 is 10.1 Å². The first kappa shape index (κ1) is 16.4. The number of nitrogens with one attached hydrogen (secondary N) is 1. The van der Waals surface area contributed by atoms with Crippen LogP contribution in [0.4, 0.5) is 0 Å². The van der Waals surface area contributed by atoms with Crippen LogP contribution in [0.2, 0.25) is 0 Å². The van der Waals surface area contributed by atoms with Crippen LogP contribution in [0.25, 0.3) is 0 Å². The zero-order valence-corrected chi connectivity index (χ0v) is 14.3. The van der Waals surface area contributed by atoms with Gasteiger partial charge in [-0.2, -0.15) is 0 Å². The second-order valence-electron chi connectivity index (χ2n) is 7.54. The minimum Gasteiger partial charge on any atom is -0.496 e. The Hall–Kier alpha value is -1.02. The molecule has 1 aromatic rings. The lowest BCUT2D eigenvalue weighted by Crippen LogP contribution is -2.37. The van der Waals surface area contributed by atoms with Crippen molar-refractivity contribution in [2.24, 2.45) is 11.3 Å². The molecule has 0 heterocycles. The Morgan fingerprint density at radius 2 is 1.71 bits per heavy atom. The Morgan fingerprint density at radius 1 is 1.10 bits per heavy atom. The number of benzene rings is 1. The molecule has 1 N–H and O–H groups in total. The van der Waals surface area contributed by atoms with Crippen molar-refractivity contribution in [2.75, 3.05) is 7.11 Å². The predicted octanol–water partition coefficient (Wildman–Crippen LogP) is 4.95. The van der Waals surface area contributed by atoms with Crippen LogP contribution in [-0.4, -0.2) is 13.2 Å². The molecule has 0 unspecified atom stereocenters. The van der Waals surface area contributed by atoms with Gasteiger partial charge in [-0.15, -0.1) is 0 Å². The van der Waals surface area contributed by atoms with Gasteiger partial charge in [0.1, 0.15) is 5.75 Å². The normalized spacial score (nSPS) is 24.6. The molecule has 1 fully saturated rings. The van der Waals surface area contributed by atoms with E-state index in [9.17, 15) is 0 Å². The van der Waals surface area contributed by atoms with Crippen LogP contribution < -0.4 is 10.1 Å². The zero-order valence-electron chi connectivity index (χ0n) is 14.3. The number of ether oxygens (including phenoxy) is 1. The summed E-state index contributed by atoms with van der Waals surface area (Å²) in [5.74, 6) is 1.86. The predicted molar refractivity (Wildman–Crippen MR) is 89.7 cm³/mol. The summed E-state index contributed by atoms with van der Waals surface area (Å²) in [4.78, 5) is 0. The van der Waals surface area contributed by atoms with E-state index in [1.54, 1.807) is 7.11 Å². The largest absolute Gasteiger partial charge is 0.496 e. The lowest BCUT2D eigenvalue weighted by Gasteiger charge is -2.38. The topological polar surface area (TPSA) is 21.3 Å². The fourth-order valence-corrected chi connectivity index (χ4v) is 3.59. The third-order valence-electron chi connectivity index (χ3n) is 5.04. The van der Waals surface area contributed by atoms with Crippen molar-refractivity contribution in [2.45, 2.75) is 65.5 Å². The van der Waals surface area contributed by atoms with Gasteiger partial charge in [0.25, 0.3) is 0 Å². The van der Waals surface area contributed by atoms with Gasteiger partial charge >= 0.3 is 0 Å². The van der Waals surface area contributed by atoms with E-state index in [4.69, 9.17) is 4.74 Å². The molecule has 118 valence electrons. The number of rotatable bonds is 4. The maximum atomic E-state index is 5.48. The van der Waals surface area contributed by atoms with E-state index < -0.39 is 0 Å². The van der Waals surface area contributed by atoms with Crippen LogP contribution in [0.5, 0.6) is 5.75 Å². The Labute approximate surface area is 130 Å². The third kappa shape index (κ3) is 4.23. The van der Waals surface area contributed by atoms with Crippen molar-refractivity contribution in [3.8, 4) is 5.75 Å². The quantitative estimate of drug-likeness (QED) is 0.846. The first-order chi connectivity index (χ1) is 9.91. The molecule has 0 aromatic heterocycles. The maximum Gasteiger partial charge on any atom is 0.123 e. The minimum absolute atomic E-state index is 0.345. The van der Waals surface area contributed by atoms with Gasteiger partial charge in [-0.3, -0.25) is 0 Å². The summed E-state index contributed by atoms with van der Waals surface area (Å²) in [6.45, 7) is 9.38. The molecule has 0 spiro atoms. The van der Waals surface area contributed by atoms with Crippen LogP contribution in [0.3, 0.4) is 0 Å². The Bertz CT molecular complexity index is 441. The van der Waals surface area contributed by atoms with Gasteiger partial charge in [0.2, 0.25) is 0 Å². The highest BCUT2D eigenvalue weighted by atomic mass is 16.5. The lowest BCUT2D eigenvalue weighted by atomic mass is 9.71. The van der Waals surface area contributed by atoms with Crippen LogP contribution >= 0.6 is 0 Å². The molecule has 2 rings (SSSR count). The summed E-state index contributed by atoms with van der Waals surface area (Å²) < 4.78 is 5.48. The second-order valence-corrected chi connectivity index (χ2v) is 7.54. The SMILES string of the molecule is COc1ccccc1[C@@H](C)NC1CCC(C(C)(C)C)CC1. The Balaban J connectivity index is 1.91. The van der Waals surface area contributed by atoms with Crippen LogP contribution in [-0.2, 0) is 0 Å². The highest BCUT2D eigenvalue weighted by molar-refractivity contribution is 5.35. The van der Waals surface area contributed by atoms with Crippen molar-refractivity contribution in [1.82, 2.24) is 5.32 Å². The molecule has 1 saturated carbocycles. The first-order valence-corrected chi connectivity index (χ1v) is 8.30. The highest BCUT2D eigenvalue weighted by Crippen LogP contribution is 2.38. The molecule has 1 atom stereocenters. The average molecular weight is 289 g/mol. The standard InChI is InChI=1S/C19H31NO/c1-14(17-8-6-7-9-18(17)21-5)20-16-12-10-15(11-13-16)19(2,3)4/h6-9,14-16,20H,10-13H2,1-5H3/t14-,15?,16?/m1/s1. The van der Waals surface area contributed by atoms with E-state index in [0.717, 1.165) is 11.7 Å². The van der Waals surface area contributed by atoms with E-state index >= 15 is 0 Å². The fourth-order valence-electron chi connectivity index (χ4n) is 3.59. The van der Waals surface area contributed by atoms with E-state index in [0.29, 0.717) is 17.5 Å². The zero-order chi connectivity index (χ0) is 15.5. The van der Waals surface area contributed by atoms with Crippen LogP contribution in [0.15, 0.2) is 24.3 Å². The van der Waals surface area contributed by atoms with Crippen molar-refractivity contribution >= 4 is 0 Å². The third-order valence-corrected chi connectivity index (χ3v) is 5.04. The van der Waals surface area contributed by atoms with Crippen molar-refractivity contribution in [3.05, 3.63) is 29.8 Å². The van der Waals surface area contributed by atoms with E-state index in [2.05, 4.69) is 45.1 Å². The summed E-state index contributed by atoms with van der Waals surface area (Å²) in [6.07, 6.45) is 5.28. The molecule has 1 aliphatic carbocycles. The Morgan fingerprint density at radius 3 is 2.29 bits per heavy atom. The van der Waals surface area contributed by atoms with Crippen molar-refractivity contribution < 1.29 is 4.74 Å². The van der Waals surface area contributed by atoms with E-state index in [1.165, 1.54) is 31.2 Å². The van der Waals surface area contributed by atoms with E-state index in [-0.39, 0.29) is 0 Å². The first-order valence-electron chi connectivity index (χ1n) is 8.30. The van der Waals surface area contributed by atoms with Crippen molar-refractivity contribution in [3.63, 3.8) is 0 Å². The van der Waals surface area contributed by atoms with Crippen LogP contribution in [0, 0.1) is 11.3 Å². The fraction of sp³-hybridized carbons (Fsp3) is 0.684. The molecule has 0 amide bonds. The summed E-state index contributed by atoms with van der Waals surface area (Å²) in [5, 5.41) is 3.80. The van der Waals surface area contributed by atoms with Crippen molar-refractivity contribution in [1.29, 1.82) is 0 Å². The molecular formula is C19H31NO. The molecule has 0 radical (unpaired) electrons. The summed E-state index contributed by atoms with van der Waals surface area (Å²) in [6, 6.07) is 9.32. The molecule has 0 saturated heterocycles. The second kappa shape index (κ2) is 6.83. The van der Waals surface area contributed by atoms with Gasteiger partial charge in [-0.05, 0) is 50.0 Å². The molecular weight excluding hydrogens is 258 g/mol. The summed E-state index contributed by atoms with van der Waals surface area (Å²) in [7, 11) is 1.75. The molecule has 21 heavy (non-hydrogen) atoms. The average Bonchev–Trinajstić information content (AvgIpc) is 2.46. The lowest BCUT2D eigenvalue weighted by molar-refractivity contribution is 0.156. The van der Waals surface area contributed by atoms with Gasteiger partial charge in [-0.1, -0.05) is 39.0 Å². The van der Waals surface area contributed by atoms with Gasteiger partial charge in [0.05, 0.1) is 7.11 Å². The monoisotopic (exact) mass is 289 g/mol. The number of methoxy groups -OCH3 is 1. The molecule has 0 bridgehead atoms. The molecule has 1 aliphatic rings. The van der Waals surface area contributed by atoms with Crippen LogP contribution in [0.1, 0.15) is 65.0 Å². The highest BCUT2D eigenvalue weighted by Gasteiger charge is 2.30. The van der Waals surface area contributed by atoms with Gasteiger partial charge in [0.15, 0.2) is 0 Å². The van der Waals surface area contributed by atoms with E-state index in [1.807, 2.05) is 12.1 Å².